The van der Waals surface area contributed by atoms with E-state index in [0.29, 0.717) is 41.2 Å². The molecule has 0 spiro atoms. The van der Waals surface area contributed by atoms with Gasteiger partial charge in [0.1, 0.15) is 5.76 Å². The van der Waals surface area contributed by atoms with Gasteiger partial charge in [0.2, 0.25) is 0 Å². The number of aliphatic imine (C=N–C) groups is 1. The molecule has 4 heteroatoms. The monoisotopic (exact) mass is 347 g/mol. The molecule has 130 valence electrons. The maximum absolute atomic E-state index is 7.70. The molecule has 5 aliphatic rings. The second kappa shape index (κ2) is 5.91. The third kappa shape index (κ3) is 2.40. The van der Waals surface area contributed by atoms with Gasteiger partial charge in [0.25, 0.3) is 0 Å². The van der Waals surface area contributed by atoms with Crippen molar-refractivity contribution in [1.29, 1.82) is 0 Å². The summed E-state index contributed by atoms with van der Waals surface area (Å²) in [5, 5.41) is 4.44. The topological polar surface area (TPSA) is 33.6 Å². The highest BCUT2D eigenvalue weighted by Crippen LogP contribution is 2.52. The summed E-state index contributed by atoms with van der Waals surface area (Å²) in [5.41, 5.74) is 1.81. The fourth-order valence-corrected chi connectivity index (χ4v) is 6.78. The largest absolute Gasteiger partial charge is 0.472 e. The van der Waals surface area contributed by atoms with Crippen molar-refractivity contribution in [1.82, 2.24) is 5.32 Å². The Kier molecular flexibility index (Phi) is 3.10. The van der Waals surface area contributed by atoms with E-state index in [1.165, 1.54) is 18.4 Å². The molecule has 0 bridgehead atoms. The van der Waals surface area contributed by atoms with Gasteiger partial charge in [-0.3, -0.25) is 4.99 Å². The van der Waals surface area contributed by atoms with Crippen molar-refractivity contribution in [2.45, 2.75) is 69.8 Å². The fraction of sp³-hybridized carbons (Fsp3) is 0.750. The van der Waals surface area contributed by atoms with Crippen LogP contribution in [0.2, 0.25) is 0 Å². The second-order valence-electron chi connectivity index (χ2n) is 7.94. The molecule has 0 amide bonds. The molecule has 4 heterocycles. The number of thioether (sulfide) groups is 1. The van der Waals surface area contributed by atoms with Crippen molar-refractivity contribution >= 4 is 17.5 Å². The summed E-state index contributed by atoms with van der Waals surface area (Å²) in [4.78, 5) is 6.11. The number of hydrogen-bond acceptors (Lipinski definition) is 4. The van der Waals surface area contributed by atoms with E-state index in [1.807, 2.05) is 11.8 Å². The van der Waals surface area contributed by atoms with E-state index in [4.69, 9.17) is 8.85 Å². The Balaban J connectivity index is 1.46. The molecule has 0 aromatic rings. The van der Waals surface area contributed by atoms with E-state index in [0.717, 1.165) is 31.6 Å². The molecule has 2 saturated heterocycles. The summed E-state index contributed by atoms with van der Waals surface area (Å²) in [6.45, 7) is 1.18. The van der Waals surface area contributed by atoms with Gasteiger partial charge in [-0.1, -0.05) is 13.0 Å². The second-order valence-corrected chi connectivity index (χ2v) is 9.45. The van der Waals surface area contributed by atoms with Crippen molar-refractivity contribution in [2.24, 2.45) is 22.7 Å². The first-order valence-electron chi connectivity index (χ1n) is 11.0. The van der Waals surface area contributed by atoms with Crippen LogP contribution in [0.3, 0.4) is 0 Å². The van der Waals surface area contributed by atoms with E-state index in [1.54, 1.807) is 4.91 Å². The summed E-state index contributed by atoms with van der Waals surface area (Å²) < 4.78 is 29.5. The average Bonchev–Trinajstić information content (AvgIpc) is 3.19. The van der Waals surface area contributed by atoms with Gasteiger partial charge in [-0.15, -0.1) is 11.8 Å². The standard InChI is InChI=1S/C20H28N2OS/c1-11-6-7-14-13-4-3-5-15(19(13)23-20(14)22-11)18-16-10-12(2)24-17(16)8-9-21-18/h8,12-14,16,18,20-21H,3-7,9-10H2,1-2H3/t12-,13+,14?,16+,18+,20+/m1/s1/i1D3. The number of fused-ring (bicyclic) bond motifs is 4. The summed E-state index contributed by atoms with van der Waals surface area (Å²) >= 11 is 2.04. The lowest BCUT2D eigenvalue weighted by molar-refractivity contribution is 0.127. The molecule has 5 rings (SSSR count). The maximum Gasteiger partial charge on any atom is 0.192 e. The number of hydrogen-bond donors (Lipinski definition) is 1. The normalized spacial score (nSPS) is 46.6. The molecule has 1 aliphatic carbocycles. The molecular weight excluding hydrogens is 316 g/mol. The number of nitrogens with one attached hydrogen (secondary N) is 1. The first-order chi connectivity index (χ1) is 12.9. The third-order valence-corrected chi connectivity index (χ3v) is 7.79. The molecule has 4 aliphatic heterocycles. The minimum Gasteiger partial charge on any atom is -0.472 e. The lowest BCUT2D eigenvalue weighted by atomic mass is 9.74. The van der Waals surface area contributed by atoms with Crippen LogP contribution in [0.15, 0.2) is 27.3 Å². The minimum atomic E-state index is -2.08. The van der Waals surface area contributed by atoms with Crippen molar-refractivity contribution in [3.63, 3.8) is 0 Å². The van der Waals surface area contributed by atoms with Gasteiger partial charge in [0.15, 0.2) is 6.23 Å². The molecular formula is C20H28N2OS. The molecule has 0 radical (unpaired) electrons. The lowest BCUT2D eigenvalue weighted by Crippen LogP contribution is -2.42. The number of rotatable bonds is 1. The van der Waals surface area contributed by atoms with Gasteiger partial charge >= 0.3 is 0 Å². The number of nitrogens with zero attached hydrogens (tertiary/aromatic N) is 1. The van der Waals surface area contributed by atoms with Gasteiger partial charge in [0, 0.05) is 45.4 Å². The Morgan fingerprint density at radius 3 is 3.21 bits per heavy atom. The van der Waals surface area contributed by atoms with E-state index in [2.05, 4.69) is 23.3 Å². The smallest absolute Gasteiger partial charge is 0.192 e. The number of allylic oxidation sites excluding steroid dienone is 1. The van der Waals surface area contributed by atoms with Gasteiger partial charge in [0.05, 0.1) is 0 Å². The molecule has 0 aromatic carbocycles. The lowest BCUT2D eigenvalue weighted by Gasteiger charge is -2.35. The van der Waals surface area contributed by atoms with E-state index in [9.17, 15) is 0 Å². The highest BCUT2D eigenvalue weighted by atomic mass is 32.2. The highest BCUT2D eigenvalue weighted by Gasteiger charge is 2.48. The Bertz CT molecular complexity index is 729. The van der Waals surface area contributed by atoms with Crippen LogP contribution in [0.25, 0.3) is 0 Å². The van der Waals surface area contributed by atoms with Crippen LogP contribution in [0.1, 0.15) is 56.4 Å². The van der Waals surface area contributed by atoms with Gasteiger partial charge < -0.3 is 10.1 Å². The fourth-order valence-electron chi connectivity index (χ4n) is 5.43. The number of ether oxygens (including phenoxy) is 1. The van der Waals surface area contributed by atoms with Crippen LogP contribution in [0.5, 0.6) is 0 Å². The molecule has 0 saturated carbocycles. The van der Waals surface area contributed by atoms with Crippen molar-refractivity contribution in [2.75, 3.05) is 6.54 Å². The van der Waals surface area contributed by atoms with Crippen molar-refractivity contribution in [3.05, 3.63) is 22.3 Å². The summed E-state index contributed by atoms with van der Waals surface area (Å²) in [7, 11) is 0. The van der Waals surface area contributed by atoms with E-state index < -0.39 is 6.85 Å². The minimum absolute atomic E-state index is 0.280. The molecule has 0 aromatic heterocycles. The summed E-state index contributed by atoms with van der Waals surface area (Å²) in [6, 6.07) is 0.381. The van der Waals surface area contributed by atoms with Crippen LogP contribution in [0.4, 0.5) is 0 Å². The van der Waals surface area contributed by atoms with Crippen LogP contribution >= 0.6 is 11.8 Å². The summed E-state index contributed by atoms with van der Waals surface area (Å²) in [5.74, 6) is 2.53. The van der Waals surface area contributed by atoms with Gasteiger partial charge in [-0.2, -0.15) is 0 Å². The Hall–Kier alpha value is -0.740. The Morgan fingerprint density at radius 1 is 1.33 bits per heavy atom. The zero-order valence-electron chi connectivity index (χ0n) is 17.3. The van der Waals surface area contributed by atoms with Crippen LogP contribution in [-0.2, 0) is 4.74 Å². The third-order valence-electron chi connectivity index (χ3n) is 6.45. The Morgan fingerprint density at radius 2 is 2.29 bits per heavy atom. The van der Waals surface area contributed by atoms with Crippen LogP contribution in [0, 0.1) is 17.8 Å². The SMILES string of the molecule is [2H]C([2H])([2H])C1=N[C@H]2OC3=C([C@@H]4NCC=C5S[C@H](C)C[C@@H]54)CCC[C@H]3C2CC1. The molecule has 1 unspecified atom stereocenters. The van der Waals surface area contributed by atoms with Crippen molar-refractivity contribution < 1.29 is 8.85 Å². The van der Waals surface area contributed by atoms with Crippen molar-refractivity contribution in [3.8, 4) is 0 Å². The quantitative estimate of drug-likeness (QED) is 0.769. The zero-order valence-corrected chi connectivity index (χ0v) is 15.1. The zero-order chi connectivity index (χ0) is 18.8. The van der Waals surface area contributed by atoms with E-state index >= 15 is 0 Å². The average molecular weight is 348 g/mol. The van der Waals surface area contributed by atoms with Gasteiger partial charge in [-0.25, -0.2) is 0 Å². The van der Waals surface area contributed by atoms with Crippen LogP contribution < -0.4 is 5.32 Å². The molecule has 2 fully saturated rings. The first-order valence-corrected chi connectivity index (χ1v) is 10.4. The molecule has 24 heavy (non-hydrogen) atoms. The molecule has 6 atom stereocenters. The molecule has 3 nitrogen and oxygen atoms in total. The van der Waals surface area contributed by atoms with Crippen LogP contribution in [-0.4, -0.2) is 29.8 Å². The molecule has 1 N–H and O–H groups in total. The Labute approximate surface area is 153 Å². The highest BCUT2D eigenvalue weighted by molar-refractivity contribution is 8.03. The predicted octanol–water partition coefficient (Wildman–Crippen LogP) is 4.27. The summed E-state index contributed by atoms with van der Waals surface area (Å²) in [6.07, 6.45) is 8.25. The van der Waals surface area contributed by atoms with E-state index in [-0.39, 0.29) is 6.23 Å². The maximum atomic E-state index is 7.70. The predicted molar refractivity (Wildman–Crippen MR) is 100 cm³/mol. The first kappa shape index (κ1) is 12.6. The van der Waals surface area contributed by atoms with Gasteiger partial charge in [-0.05, 0) is 55.9 Å².